The smallest absolute Gasteiger partial charge is 0.306 e. The predicted octanol–water partition coefficient (Wildman–Crippen LogP) is -0.138. The molecule has 0 bridgehead atoms. The number of aliphatic hydroxyl groups is 1. The first-order chi connectivity index (χ1) is 5.56. The van der Waals surface area contributed by atoms with E-state index in [0.717, 1.165) is 0 Å². The van der Waals surface area contributed by atoms with Gasteiger partial charge in [-0.15, -0.1) is 0 Å². The summed E-state index contributed by atoms with van der Waals surface area (Å²) < 4.78 is 4.48. The molecule has 0 amide bonds. The molecule has 0 aliphatic heterocycles. The molecule has 1 N–H and O–H groups in total. The summed E-state index contributed by atoms with van der Waals surface area (Å²) in [6, 6.07) is 0. The number of likely N-dealkylation sites (N-methyl/N-ethyl adjacent to an activating group) is 1. The molecule has 0 saturated heterocycles. The van der Waals surface area contributed by atoms with Crippen molar-refractivity contribution in [3.63, 3.8) is 0 Å². The van der Waals surface area contributed by atoms with Crippen LogP contribution in [0.25, 0.3) is 0 Å². The maximum atomic E-state index is 10.7. The van der Waals surface area contributed by atoms with Crippen molar-refractivity contribution in [3.05, 3.63) is 0 Å². The van der Waals surface area contributed by atoms with Crippen molar-refractivity contribution in [3.8, 4) is 0 Å². The Kier molecular flexibility index (Phi) is 5.66. The number of carbonyl (C=O) groups excluding carboxylic acids is 1. The van der Waals surface area contributed by atoms with Crippen LogP contribution in [0, 0.1) is 0 Å². The van der Waals surface area contributed by atoms with Crippen LogP contribution in [0.2, 0.25) is 0 Å². The molecule has 0 aromatic rings. The van der Waals surface area contributed by atoms with Crippen LogP contribution in [0.3, 0.4) is 0 Å². The maximum absolute atomic E-state index is 10.7. The minimum Gasteiger partial charge on any atom is -0.469 e. The summed E-state index contributed by atoms with van der Waals surface area (Å²) >= 11 is 0. The van der Waals surface area contributed by atoms with Gasteiger partial charge in [-0.3, -0.25) is 4.79 Å². The molecule has 0 spiro atoms. The highest BCUT2D eigenvalue weighted by Crippen LogP contribution is 1.91. The first kappa shape index (κ1) is 11.4. The molecule has 0 fully saturated rings. The Bertz CT molecular complexity index is 136. The fourth-order valence-electron chi connectivity index (χ4n) is 0.927. The van der Waals surface area contributed by atoms with E-state index < -0.39 is 0 Å². The van der Waals surface area contributed by atoms with Gasteiger partial charge in [0.2, 0.25) is 0 Å². The molecule has 0 rings (SSSR count). The van der Waals surface area contributed by atoms with Crippen LogP contribution in [0.15, 0.2) is 0 Å². The summed E-state index contributed by atoms with van der Waals surface area (Å²) in [4.78, 5) is 12.6. The van der Waals surface area contributed by atoms with Crippen molar-refractivity contribution in [2.24, 2.45) is 0 Å². The van der Waals surface area contributed by atoms with Crippen LogP contribution in [0.4, 0.5) is 0 Å². The summed E-state index contributed by atoms with van der Waals surface area (Å²) in [5.41, 5.74) is 0. The topological polar surface area (TPSA) is 49.8 Å². The molecule has 4 nitrogen and oxygen atoms in total. The molecule has 1 atom stereocenters. The lowest BCUT2D eigenvalue weighted by atomic mass is 10.3. The molecule has 0 aliphatic carbocycles. The Labute approximate surface area is 73.1 Å². The number of hydrogen-bond acceptors (Lipinski definition) is 4. The van der Waals surface area contributed by atoms with E-state index in [1.54, 1.807) is 6.92 Å². The zero-order chi connectivity index (χ0) is 9.56. The van der Waals surface area contributed by atoms with Gasteiger partial charge in [0.05, 0.1) is 19.6 Å². The standard InChI is InChI=1S/C8H17NO3/c1-7(10)6-9(2)5-4-8(11)12-3/h7,10H,4-6H2,1-3H3. The van der Waals surface area contributed by atoms with E-state index in [1.807, 2.05) is 11.9 Å². The van der Waals surface area contributed by atoms with E-state index >= 15 is 0 Å². The highest BCUT2D eigenvalue weighted by atomic mass is 16.5. The molecule has 0 radical (unpaired) electrons. The number of aliphatic hydroxyl groups excluding tert-OH is 1. The molecule has 0 saturated carbocycles. The van der Waals surface area contributed by atoms with Gasteiger partial charge in [0.25, 0.3) is 0 Å². The molecule has 12 heavy (non-hydrogen) atoms. The fraction of sp³-hybridized carbons (Fsp3) is 0.875. The van der Waals surface area contributed by atoms with Gasteiger partial charge in [-0.25, -0.2) is 0 Å². The largest absolute Gasteiger partial charge is 0.469 e. The second-order valence-corrected chi connectivity index (χ2v) is 2.94. The van der Waals surface area contributed by atoms with Crippen molar-refractivity contribution in [1.82, 2.24) is 4.90 Å². The maximum Gasteiger partial charge on any atom is 0.306 e. The first-order valence-corrected chi connectivity index (χ1v) is 3.99. The molecule has 72 valence electrons. The molecule has 0 aromatic carbocycles. The highest BCUT2D eigenvalue weighted by Gasteiger charge is 2.05. The van der Waals surface area contributed by atoms with E-state index in [1.165, 1.54) is 7.11 Å². The van der Waals surface area contributed by atoms with Crippen molar-refractivity contribution in [2.75, 3.05) is 27.2 Å². The van der Waals surface area contributed by atoms with Crippen LogP contribution in [0.5, 0.6) is 0 Å². The zero-order valence-electron chi connectivity index (χ0n) is 7.91. The average molecular weight is 175 g/mol. The number of methoxy groups -OCH3 is 1. The Morgan fingerprint density at radius 3 is 2.67 bits per heavy atom. The molecular formula is C8H17NO3. The number of esters is 1. The first-order valence-electron chi connectivity index (χ1n) is 3.99. The normalized spacial score (nSPS) is 13.1. The molecule has 4 heteroatoms. The Morgan fingerprint density at radius 2 is 2.25 bits per heavy atom. The van der Waals surface area contributed by atoms with Gasteiger partial charge in [0, 0.05) is 13.1 Å². The van der Waals surface area contributed by atoms with E-state index in [-0.39, 0.29) is 12.1 Å². The molecule has 0 aliphatic rings. The Morgan fingerprint density at radius 1 is 1.67 bits per heavy atom. The lowest BCUT2D eigenvalue weighted by Crippen LogP contribution is -2.29. The van der Waals surface area contributed by atoms with Crippen molar-refractivity contribution >= 4 is 5.97 Å². The van der Waals surface area contributed by atoms with E-state index in [9.17, 15) is 4.79 Å². The Hall–Kier alpha value is -0.610. The van der Waals surface area contributed by atoms with E-state index in [0.29, 0.717) is 19.5 Å². The lowest BCUT2D eigenvalue weighted by Gasteiger charge is -2.17. The summed E-state index contributed by atoms with van der Waals surface area (Å²) in [6.45, 7) is 2.92. The summed E-state index contributed by atoms with van der Waals surface area (Å²) in [7, 11) is 3.23. The average Bonchev–Trinajstić information content (AvgIpc) is 1.99. The van der Waals surface area contributed by atoms with Crippen molar-refractivity contribution in [1.29, 1.82) is 0 Å². The quantitative estimate of drug-likeness (QED) is 0.591. The lowest BCUT2D eigenvalue weighted by molar-refractivity contribution is -0.141. The third-order valence-electron chi connectivity index (χ3n) is 1.50. The minimum absolute atomic E-state index is 0.215. The van der Waals surface area contributed by atoms with Gasteiger partial charge in [-0.1, -0.05) is 0 Å². The number of rotatable bonds is 5. The highest BCUT2D eigenvalue weighted by molar-refractivity contribution is 5.69. The third-order valence-corrected chi connectivity index (χ3v) is 1.50. The molecular weight excluding hydrogens is 158 g/mol. The van der Waals surface area contributed by atoms with Crippen LogP contribution in [0.1, 0.15) is 13.3 Å². The minimum atomic E-state index is -0.354. The van der Waals surface area contributed by atoms with Crippen LogP contribution >= 0.6 is 0 Å². The van der Waals surface area contributed by atoms with Gasteiger partial charge in [0.15, 0.2) is 0 Å². The second-order valence-electron chi connectivity index (χ2n) is 2.94. The third kappa shape index (κ3) is 6.12. The van der Waals surface area contributed by atoms with Crippen LogP contribution in [-0.4, -0.2) is 49.3 Å². The van der Waals surface area contributed by atoms with Crippen molar-refractivity contribution in [2.45, 2.75) is 19.4 Å². The number of nitrogens with zero attached hydrogens (tertiary/aromatic N) is 1. The summed E-state index contributed by atoms with van der Waals surface area (Å²) in [6.07, 6.45) is 0.0207. The van der Waals surface area contributed by atoms with Crippen LogP contribution in [-0.2, 0) is 9.53 Å². The predicted molar refractivity (Wildman–Crippen MR) is 45.8 cm³/mol. The van der Waals surface area contributed by atoms with Gasteiger partial charge in [0.1, 0.15) is 0 Å². The van der Waals surface area contributed by atoms with E-state index in [2.05, 4.69) is 4.74 Å². The van der Waals surface area contributed by atoms with Crippen LogP contribution < -0.4 is 0 Å². The molecule has 1 unspecified atom stereocenters. The number of hydrogen-bond donors (Lipinski definition) is 1. The summed E-state index contributed by atoms with van der Waals surface area (Å²) in [5.74, 6) is -0.215. The molecule has 0 aromatic heterocycles. The van der Waals surface area contributed by atoms with Gasteiger partial charge >= 0.3 is 5.97 Å². The van der Waals surface area contributed by atoms with Gasteiger partial charge in [-0.05, 0) is 14.0 Å². The second kappa shape index (κ2) is 5.97. The van der Waals surface area contributed by atoms with E-state index in [4.69, 9.17) is 5.11 Å². The summed E-state index contributed by atoms with van der Waals surface area (Å²) in [5, 5.41) is 8.99. The zero-order valence-corrected chi connectivity index (χ0v) is 7.91. The van der Waals surface area contributed by atoms with Gasteiger partial charge < -0.3 is 14.7 Å². The fourth-order valence-corrected chi connectivity index (χ4v) is 0.927. The molecule has 0 heterocycles. The monoisotopic (exact) mass is 175 g/mol. The van der Waals surface area contributed by atoms with Gasteiger partial charge in [-0.2, -0.15) is 0 Å². The SMILES string of the molecule is COC(=O)CCN(C)CC(C)O. The Balaban J connectivity index is 3.43. The number of carbonyl (C=O) groups is 1. The number of ether oxygens (including phenoxy) is 1. The van der Waals surface area contributed by atoms with Crippen molar-refractivity contribution < 1.29 is 14.6 Å².